The molecule has 0 saturated carbocycles. The molecule has 222 valence electrons. The number of rotatable bonds is 22. The van der Waals surface area contributed by atoms with Crippen LogP contribution in [0.3, 0.4) is 0 Å². The van der Waals surface area contributed by atoms with Crippen LogP contribution in [-0.4, -0.2) is 25.2 Å². The van der Waals surface area contributed by atoms with Crippen molar-refractivity contribution in [1.29, 1.82) is 0 Å². The third-order valence-corrected chi connectivity index (χ3v) is 6.91. The molecule has 2 aromatic rings. The summed E-state index contributed by atoms with van der Waals surface area (Å²) in [5.41, 5.74) is 0.550. The smallest absolute Gasteiger partial charge is 0.386 e. The molecule has 0 aliphatic rings. The van der Waals surface area contributed by atoms with Gasteiger partial charge in [0, 0.05) is 0 Å². The summed E-state index contributed by atoms with van der Waals surface area (Å²) < 4.78 is 11.5. The standard InChI is InChI=1S/C34H50O6/c1-3-5-7-9-11-13-15-17-27-37-31-23-19-29(20-24-31)33(35)39-40-34(36)30-21-25-32(26-22-30)38-28-18-16-14-12-10-8-6-4-2/h19-26H,3-18,27-28H2,1-2H3. The van der Waals surface area contributed by atoms with Crippen molar-refractivity contribution in [2.75, 3.05) is 13.2 Å². The second-order valence-electron chi connectivity index (χ2n) is 10.4. The van der Waals surface area contributed by atoms with Gasteiger partial charge < -0.3 is 9.47 Å². The molecule has 0 saturated heterocycles. The third kappa shape index (κ3) is 14.9. The summed E-state index contributed by atoms with van der Waals surface area (Å²) in [5, 5.41) is 0. The van der Waals surface area contributed by atoms with Gasteiger partial charge in [-0.1, -0.05) is 104 Å². The highest BCUT2D eigenvalue weighted by molar-refractivity contribution is 5.92. The Morgan fingerprint density at radius 1 is 0.450 bits per heavy atom. The normalized spacial score (nSPS) is 10.8. The number of carbonyl (C=O) groups excluding carboxylic acids is 2. The molecule has 6 nitrogen and oxygen atoms in total. The third-order valence-electron chi connectivity index (χ3n) is 6.91. The van der Waals surface area contributed by atoms with Crippen molar-refractivity contribution in [3.05, 3.63) is 59.7 Å². The van der Waals surface area contributed by atoms with E-state index in [4.69, 9.17) is 19.2 Å². The first-order valence-electron chi connectivity index (χ1n) is 15.5. The van der Waals surface area contributed by atoms with E-state index in [0.717, 1.165) is 25.7 Å². The van der Waals surface area contributed by atoms with Gasteiger partial charge in [0.05, 0.1) is 24.3 Å². The van der Waals surface area contributed by atoms with E-state index >= 15 is 0 Å². The van der Waals surface area contributed by atoms with Crippen molar-refractivity contribution in [3.8, 4) is 11.5 Å². The Bertz CT molecular complexity index is 845. The fraction of sp³-hybridized carbons (Fsp3) is 0.588. The highest BCUT2D eigenvalue weighted by Gasteiger charge is 2.14. The van der Waals surface area contributed by atoms with Crippen LogP contribution in [0.5, 0.6) is 11.5 Å². The zero-order chi connectivity index (χ0) is 28.7. The molecule has 0 aromatic heterocycles. The molecule has 6 heteroatoms. The molecular weight excluding hydrogens is 504 g/mol. The molecule has 0 spiro atoms. The highest BCUT2D eigenvalue weighted by Crippen LogP contribution is 2.17. The topological polar surface area (TPSA) is 71.1 Å². The summed E-state index contributed by atoms with van der Waals surface area (Å²) >= 11 is 0. The Morgan fingerprint density at radius 3 is 1.07 bits per heavy atom. The van der Waals surface area contributed by atoms with Gasteiger partial charge >= 0.3 is 11.9 Å². The quantitative estimate of drug-likeness (QED) is 0.0819. The number of ether oxygens (including phenoxy) is 2. The van der Waals surface area contributed by atoms with Crippen molar-refractivity contribution in [2.45, 2.75) is 117 Å². The van der Waals surface area contributed by atoms with E-state index < -0.39 is 11.9 Å². The monoisotopic (exact) mass is 554 g/mol. The molecule has 0 N–H and O–H groups in total. The summed E-state index contributed by atoms with van der Waals surface area (Å²) in [4.78, 5) is 34.0. The summed E-state index contributed by atoms with van der Waals surface area (Å²) in [7, 11) is 0. The molecule has 0 heterocycles. The summed E-state index contributed by atoms with van der Waals surface area (Å²) in [6, 6.07) is 13.3. The molecule has 0 aliphatic carbocycles. The predicted molar refractivity (Wildman–Crippen MR) is 160 cm³/mol. The Hall–Kier alpha value is -3.02. The number of hydrogen-bond donors (Lipinski definition) is 0. The first-order chi connectivity index (χ1) is 19.6. The lowest BCUT2D eigenvalue weighted by Gasteiger charge is -2.08. The van der Waals surface area contributed by atoms with Crippen LogP contribution in [0.15, 0.2) is 48.5 Å². The lowest BCUT2D eigenvalue weighted by molar-refractivity contribution is -0.187. The molecule has 0 aliphatic heterocycles. The van der Waals surface area contributed by atoms with Crippen LogP contribution in [0.1, 0.15) is 137 Å². The van der Waals surface area contributed by atoms with Crippen LogP contribution in [0.2, 0.25) is 0 Å². The van der Waals surface area contributed by atoms with Gasteiger partial charge in [0.15, 0.2) is 0 Å². The molecule has 2 aromatic carbocycles. The average molecular weight is 555 g/mol. The van der Waals surface area contributed by atoms with Crippen LogP contribution >= 0.6 is 0 Å². The molecule has 0 atom stereocenters. The second-order valence-corrected chi connectivity index (χ2v) is 10.4. The van der Waals surface area contributed by atoms with Crippen LogP contribution in [-0.2, 0) is 9.78 Å². The van der Waals surface area contributed by atoms with E-state index in [1.165, 1.54) is 77.0 Å². The maximum Gasteiger partial charge on any atom is 0.386 e. The van der Waals surface area contributed by atoms with Gasteiger partial charge in [0.25, 0.3) is 0 Å². The Kier molecular flexibility index (Phi) is 18.1. The first kappa shape index (κ1) is 33.2. The van der Waals surface area contributed by atoms with Crippen molar-refractivity contribution < 1.29 is 28.8 Å². The fourth-order valence-corrected chi connectivity index (χ4v) is 4.40. The number of benzene rings is 2. The van der Waals surface area contributed by atoms with Gasteiger partial charge in [-0.05, 0) is 61.4 Å². The minimum Gasteiger partial charge on any atom is -0.494 e. The van der Waals surface area contributed by atoms with E-state index in [9.17, 15) is 9.59 Å². The molecule has 0 fully saturated rings. The van der Waals surface area contributed by atoms with Crippen molar-refractivity contribution in [1.82, 2.24) is 0 Å². The Labute approximate surface area is 241 Å². The zero-order valence-corrected chi connectivity index (χ0v) is 24.8. The summed E-state index contributed by atoms with van der Waals surface area (Å²) in [6.45, 7) is 5.77. The molecule has 0 amide bonds. The highest BCUT2D eigenvalue weighted by atomic mass is 17.2. The van der Waals surface area contributed by atoms with E-state index in [0.29, 0.717) is 24.7 Å². The average Bonchev–Trinajstić information content (AvgIpc) is 2.98. The molecule has 0 radical (unpaired) electrons. The minimum atomic E-state index is -0.742. The second kappa shape index (κ2) is 21.8. The number of hydrogen-bond acceptors (Lipinski definition) is 6. The Balaban J connectivity index is 1.58. The van der Waals surface area contributed by atoms with Crippen LogP contribution in [0.25, 0.3) is 0 Å². The Morgan fingerprint density at radius 2 is 0.750 bits per heavy atom. The SMILES string of the molecule is CCCCCCCCCCOc1ccc(C(=O)OOC(=O)c2ccc(OCCCCCCCCCC)cc2)cc1. The van der Waals surface area contributed by atoms with E-state index in [2.05, 4.69) is 13.8 Å². The molecule has 2 rings (SSSR count). The molecule has 0 unspecified atom stereocenters. The summed E-state index contributed by atoms with van der Waals surface area (Å²) in [6.07, 6.45) is 20.0. The number of carbonyl (C=O) groups is 2. The molecule has 0 bridgehead atoms. The fourth-order valence-electron chi connectivity index (χ4n) is 4.40. The van der Waals surface area contributed by atoms with E-state index in [1.54, 1.807) is 48.5 Å². The minimum absolute atomic E-state index is 0.275. The largest absolute Gasteiger partial charge is 0.494 e. The van der Waals surface area contributed by atoms with Gasteiger partial charge in [0.2, 0.25) is 0 Å². The van der Waals surface area contributed by atoms with Gasteiger partial charge in [0.1, 0.15) is 11.5 Å². The molecule has 40 heavy (non-hydrogen) atoms. The van der Waals surface area contributed by atoms with Crippen molar-refractivity contribution >= 4 is 11.9 Å². The van der Waals surface area contributed by atoms with Gasteiger partial charge in [-0.2, -0.15) is 0 Å². The molecular formula is C34H50O6. The lowest BCUT2D eigenvalue weighted by Crippen LogP contribution is -2.12. The van der Waals surface area contributed by atoms with Crippen LogP contribution < -0.4 is 9.47 Å². The maximum atomic E-state index is 12.3. The van der Waals surface area contributed by atoms with Gasteiger partial charge in [-0.15, -0.1) is 0 Å². The zero-order valence-electron chi connectivity index (χ0n) is 24.8. The lowest BCUT2D eigenvalue weighted by atomic mass is 10.1. The van der Waals surface area contributed by atoms with Crippen molar-refractivity contribution in [3.63, 3.8) is 0 Å². The van der Waals surface area contributed by atoms with E-state index in [-0.39, 0.29) is 11.1 Å². The first-order valence-corrected chi connectivity index (χ1v) is 15.5. The maximum absolute atomic E-state index is 12.3. The van der Waals surface area contributed by atoms with Crippen molar-refractivity contribution in [2.24, 2.45) is 0 Å². The van der Waals surface area contributed by atoms with E-state index in [1.807, 2.05) is 0 Å². The number of unbranched alkanes of at least 4 members (excludes halogenated alkanes) is 14. The van der Waals surface area contributed by atoms with Gasteiger partial charge in [-0.3, -0.25) is 0 Å². The predicted octanol–water partition coefficient (Wildman–Crippen LogP) is 9.65. The summed E-state index contributed by atoms with van der Waals surface area (Å²) in [5.74, 6) is -0.0935. The van der Waals surface area contributed by atoms with Crippen LogP contribution in [0.4, 0.5) is 0 Å². The van der Waals surface area contributed by atoms with Gasteiger partial charge in [-0.25, -0.2) is 19.4 Å². The van der Waals surface area contributed by atoms with Crippen LogP contribution in [0, 0.1) is 0 Å².